The van der Waals surface area contributed by atoms with Crippen LogP contribution in [0.1, 0.15) is 18.5 Å². The molecule has 0 aromatic carbocycles. The van der Waals surface area contributed by atoms with Gasteiger partial charge >= 0.3 is 0 Å². The Morgan fingerprint density at radius 3 is 3.00 bits per heavy atom. The number of guanidine groups is 1. The van der Waals surface area contributed by atoms with E-state index in [0.29, 0.717) is 25.6 Å². The molecule has 1 aromatic heterocycles. The molecule has 9 heteroatoms. The molecule has 22 heavy (non-hydrogen) atoms. The van der Waals surface area contributed by atoms with E-state index in [9.17, 15) is 8.42 Å². The second-order valence-electron chi connectivity index (χ2n) is 5.44. The Morgan fingerprint density at radius 1 is 1.64 bits per heavy atom. The average molecular weight is 329 g/mol. The smallest absolute Gasteiger partial charge is 0.211 e. The maximum Gasteiger partial charge on any atom is 0.211 e. The van der Waals surface area contributed by atoms with Crippen molar-refractivity contribution in [1.29, 1.82) is 0 Å². The maximum atomic E-state index is 11.7. The molecule has 0 spiro atoms. The van der Waals surface area contributed by atoms with E-state index in [1.165, 1.54) is 12.5 Å². The van der Waals surface area contributed by atoms with Gasteiger partial charge in [-0.2, -0.15) is 4.31 Å². The van der Waals surface area contributed by atoms with E-state index in [0.717, 1.165) is 18.5 Å². The SMILES string of the molecule is CN=C(NC[C@H]1CCCN1S(C)(=O)=O)N(C)Cc1ccon1. The summed E-state index contributed by atoms with van der Waals surface area (Å²) in [4.78, 5) is 6.14. The van der Waals surface area contributed by atoms with Crippen molar-refractivity contribution < 1.29 is 12.9 Å². The highest BCUT2D eigenvalue weighted by molar-refractivity contribution is 7.88. The van der Waals surface area contributed by atoms with Crippen LogP contribution in [0.3, 0.4) is 0 Å². The summed E-state index contributed by atoms with van der Waals surface area (Å²) in [6, 6.07) is 1.78. The fraction of sp³-hybridized carbons (Fsp3) is 0.692. The molecule has 1 N–H and O–H groups in total. The van der Waals surface area contributed by atoms with E-state index < -0.39 is 10.0 Å². The van der Waals surface area contributed by atoms with Crippen LogP contribution in [0.5, 0.6) is 0 Å². The normalized spacial score (nSPS) is 20.3. The molecule has 0 amide bonds. The van der Waals surface area contributed by atoms with Crippen molar-refractivity contribution in [1.82, 2.24) is 19.7 Å². The number of aliphatic imine (C=N–C) groups is 1. The Labute approximate surface area is 131 Å². The Hall–Kier alpha value is -1.61. The van der Waals surface area contributed by atoms with Gasteiger partial charge < -0.3 is 14.7 Å². The third-order valence-electron chi connectivity index (χ3n) is 3.71. The van der Waals surface area contributed by atoms with Gasteiger partial charge in [-0.05, 0) is 12.8 Å². The Balaban J connectivity index is 1.91. The number of rotatable bonds is 5. The summed E-state index contributed by atoms with van der Waals surface area (Å²) < 4.78 is 29.9. The van der Waals surface area contributed by atoms with E-state index in [1.54, 1.807) is 17.4 Å². The molecule has 8 nitrogen and oxygen atoms in total. The summed E-state index contributed by atoms with van der Waals surface area (Å²) >= 11 is 0. The molecule has 1 atom stereocenters. The number of hydrogen-bond acceptors (Lipinski definition) is 5. The zero-order valence-corrected chi connectivity index (χ0v) is 14.0. The minimum absolute atomic E-state index is 0.0211. The van der Waals surface area contributed by atoms with E-state index in [-0.39, 0.29) is 6.04 Å². The molecule has 0 radical (unpaired) electrons. The first-order valence-corrected chi connectivity index (χ1v) is 9.04. The highest BCUT2D eigenvalue weighted by Crippen LogP contribution is 2.19. The molecule has 1 saturated heterocycles. The highest BCUT2D eigenvalue weighted by Gasteiger charge is 2.31. The second-order valence-corrected chi connectivity index (χ2v) is 7.38. The van der Waals surface area contributed by atoms with Gasteiger partial charge in [-0.15, -0.1) is 0 Å². The average Bonchev–Trinajstić information content (AvgIpc) is 3.09. The zero-order valence-electron chi connectivity index (χ0n) is 13.2. The molecule has 1 fully saturated rings. The lowest BCUT2D eigenvalue weighted by Crippen LogP contribution is -2.46. The van der Waals surface area contributed by atoms with Gasteiger partial charge in [-0.25, -0.2) is 8.42 Å². The Kier molecular flexibility index (Phi) is 5.41. The van der Waals surface area contributed by atoms with Crippen molar-refractivity contribution in [2.24, 2.45) is 4.99 Å². The number of sulfonamides is 1. The van der Waals surface area contributed by atoms with E-state index in [4.69, 9.17) is 4.52 Å². The van der Waals surface area contributed by atoms with Crippen LogP contribution in [0.15, 0.2) is 21.8 Å². The quantitative estimate of drug-likeness (QED) is 0.609. The Bertz CT molecular complexity index is 599. The van der Waals surface area contributed by atoms with Crippen molar-refractivity contribution >= 4 is 16.0 Å². The van der Waals surface area contributed by atoms with Gasteiger partial charge in [0.25, 0.3) is 0 Å². The van der Waals surface area contributed by atoms with Crippen molar-refractivity contribution in [3.8, 4) is 0 Å². The molecule has 0 aliphatic carbocycles. The first kappa shape index (κ1) is 16.8. The van der Waals surface area contributed by atoms with Crippen LogP contribution < -0.4 is 5.32 Å². The molecule has 0 unspecified atom stereocenters. The van der Waals surface area contributed by atoms with Gasteiger partial charge in [0.15, 0.2) is 5.96 Å². The van der Waals surface area contributed by atoms with Crippen LogP contribution in [0, 0.1) is 0 Å². The van der Waals surface area contributed by atoms with Crippen molar-refractivity contribution in [2.45, 2.75) is 25.4 Å². The molecule has 0 saturated carbocycles. The highest BCUT2D eigenvalue weighted by atomic mass is 32.2. The predicted octanol–water partition coefficient (Wildman–Crippen LogP) is 0.106. The summed E-state index contributed by atoms with van der Waals surface area (Å²) in [5.74, 6) is 0.698. The molecular weight excluding hydrogens is 306 g/mol. The summed E-state index contributed by atoms with van der Waals surface area (Å²) in [6.07, 6.45) is 4.55. The first-order valence-electron chi connectivity index (χ1n) is 7.19. The minimum atomic E-state index is -3.15. The van der Waals surface area contributed by atoms with Crippen LogP contribution in [0.25, 0.3) is 0 Å². The number of nitrogens with zero attached hydrogens (tertiary/aromatic N) is 4. The van der Waals surface area contributed by atoms with Gasteiger partial charge in [0.2, 0.25) is 10.0 Å². The van der Waals surface area contributed by atoms with Crippen LogP contribution >= 0.6 is 0 Å². The van der Waals surface area contributed by atoms with Crippen LogP contribution in [-0.2, 0) is 16.6 Å². The van der Waals surface area contributed by atoms with E-state index in [1.807, 2.05) is 11.9 Å². The molecule has 1 aliphatic heterocycles. The largest absolute Gasteiger partial charge is 0.364 e. The summed E-state index contributed by atoms with van der Waals surface area (Å²) in [5.41, 5.74) is 0.809. The summed E-state index contributed by atoms with van der Waals surface area (Å²) in [5, 5.41) is 7.10. The van der Waals surface area contributed by atoms with Gasteiger partial charge in [-0.3, -0.25) is 4.99 Å². The summed E-state index contributed by atoms with van der Waals surface area (Å²) in [7, 11) is 0.445. The third kappa shape index (κ3) is 4.20. The second kappa shape index (κ2) is 7.10. The number of aromatic nitrogens is 1. The standard InChI is InChI=1S/C13H23N5O3S/c1-14-13(17(2)10-11-6-8-21-16-11)15-9-12-5-4-7-18(12)22(3,19)20/h6,8,12H,4-5,7,9-10H2,1-3H3,(H,14,15)/t12-/m1/s1. The molecule has 1 aliphatic rings. The number of hydrogen-bond donors (Lipinski definition) is 1. The molecule has 2 heterocycles. The Morgan fingerprint density at radius 2 is 2.41 bits per heavy atom. The number of nitrogens with one attached hydrogen (secondary N) is 1. The van der Waals surface area contributed by atoms with Crippen molar-refractivity contribution in [3.63, 3.8) is 0 Å². The van der Waals surface area contributed by atoms with Gasteiger partial charge in [-0.1, -0.05) is 5.16 Å². The maximum absolute atomic E-state index is 11.7. The molecule has 124 valence electrons. The molecule has 0 bridgehead atoms. The van der Waals surface area contributed by atoms with E-state index >= 15 is 0 Å². The zero-order chi connectivity index (χ0) is 16.2. The summed E-state index contributed by atoms with van der Waals surface area (Å²) in [6.45, 7) is 1.71. The lowest BCUT2D eigenvalue weighted by Gasteiger charge is -2.26. The van der Waals surface area contributed by atoms with E-state index in [2.05, 4.69) is 15.5 Å². The lowest BCUT2D eigenvalue weighted by molar-refractivity contribution is 0.373. The first-order chi connectivity index (χ1) is 10.4. The topological polar surface area (TPSA) is 91.0 Å². The van der Waals surface area contributed by atoms with Gasteiger partial charge in [0.05, 0.1) is 12.8 Å². The minimum Gasteiger partial charge on any atom is -0.364 e. The van der Waals surface area contributed by atoms with Crippen LogP contribution in [0.2, 0.25) is 0 Å². The van der Waals surface area contributed by atoms with Crippen LogP contribution in [0.4, 0.5) is 0 Å². The molecule has 1 aromatic rings. The fourth-order valence-corrected chi connectivity index (χ4v) is 3.86. The van der Waals surface area contributed by atoms with Gasteiger partial charge in [0.1, 0.15) is 12.0 Å². The predicted molar refractivity (Wildman–Crippen MR) is 83.9 cm³/mol. The van der Waals surface area contributed by atoms with Crippen LogP contribution in [-0.4, -0.2) is 68.2 Å². The lowest BCUT2D eigenvalue weighted by atomic mass is 10.2. The fourth-order valence-electron chi connectivity index (χ4n) is 2.68. The van der Waals surface area contributed by atoms with Gasteiger partial charge in [0, 0.05) is 39.3 Å². The third-order valence-corrected chi connectivity index (χ3v) is 5.04. The van der Waals surface area contributed by atoms with Crippen molar-refractivity contribution in [3.05, 3.63) is 18.0 Å². The van der Waals surface area contributed by atoms with Crippen molar-refractivity contribution in [2.75, 3.05) is 33.4 Å². The molecule has 2 rings (SSSR count). The molecular formula is C13H23N5O3S. The monoisotopic (exact) mass is 329 g/mol.